The number of hydrogen-bond acceptors (Lipinski definition) is 3. The molecule has 1 atom stereocenters. The zero-order valence-electron chi connectivity index (χ0n) is 17.5. The van der Waals surface area contributed by atoms with Crippen LogP contribution in [0.5, 0.6) is 0 Å². The molecule has 1 N–H and O–H groups in total. The normalized spacial score (nSPS) is 15.8. The molecular weight excluding hydrogens is 556 g/mol. The van der Waals surface area contributed by atoms with Crippen LogP contribution in [0.25, 0.3) is 0 Å². The molecule has 0 aliphatic heterocycles. The first-order valence-corrected chi connectivity index (χ1v) is 9.10. The number of ether oxygens (including phenoxy) is 1. The van der Waals surface area contributed by atoms with Gasteiger partial charge in [-0.2, -0.15) is 61.5 Å². The molecule has 0 aromatic rings. The highest BCUT2D eigenvalue weighted by Gasteiger charge is 2.93. The van der Waals surface area contributed by atoms with Gasteiger partial charge in [-0.05, 0) is 19.8 Å². The highest BCUT2D eigenvalue weighted by molar-refractivity contribution is 5.86. The molecule has 0 saturated heterocycles. The molecule has 0 radical (unpaired) electrons. The van der Waals surface area contributed by atoms with Crippen molar-refractivity contribution < 1.29 is 84.9 Å². The number of carbonyl (C=O) groups excluding carboxylic acids is 1. The van der Waals surface area contributed by atoms with Crippen LogP contribution in [0.4, 0.5) is 70.2 Å². The van der Waals surface area contributed by atoms with Gasteiger partial charge in [0, 0.05) is 12.0 Å². The van der Waals surface area contributed by atoms with E-state index in [-0.39, 0.29) is 5.57 Å². The van der Waals surface area contributed by atoms with Crippen molar-refractivity contribution in [2.45, 2.75) is 80.2 Å². The van der Waals surface area contributed by atoms with Crippen LogP contribution in [0.2, 0.25) is 0 Å². The Morgan fingerprint density at radius 2 is 1.17 bits per heavy atom. The van der Waals surface area contributed by atoms with E-state index in [9.17, 15) is 80.1 Å². The maximum Gasteiger partial charge on any atom is 0.384 e. The van der Waals surface area contributed by atoms with E-state index < -0.39 is 85.8 Å². The standard InChI is InChI=1S/C17H16F16O3/c1-7(2)9(35)36-6-8(34)4-3-5-11(20,21)13(24,25)15(28,29)17(32,33)16(30,31)14(26,27)12(22,23)10(18)19/h8,10,34H,1,3-6H2,2H3. The maximum absolute atomic E-state index is 13.7. The Bertz CT molecular complexity index is 793. The SMILES string of the molecule is C=C(C)C(=O)OCC(O)CCCC(F)(F)C(F)(F)C(F)(F)C(F)(F)C(F)(F)C(F)(F)C(F)(F)C(F)F. The third kappa shape index (κ3) is 5.64. The molecule has 0 aromatic carbocycles. The molecule has 0 aliphatic carbocycles. The van der Waals surface area contributed by atoms with Crippen molar-refractivity contribution in [3.63, 3.8) is 0 Å². The molecule has 0 saturated carbocycles. The fourth-order valence-electron chi connectivity index (χ4n) is 2.26. The molecule has 0 aromatic heterocycles. The topological polar surface area (TPSA) is 46.5 Å². The van der Waals surface area contributed by atoms with Gasteiger partial charge in [0.1, 0.15) is 6.61 Å². The maximum atomic E-state index is 13.7. The highest BCUT2D eigenvalue weighted by atomic mass is 19.4. The Balaban J connectivity index is 5.88. The third-order valence-electron chi connectivity index (χ3n) is 4.51. The van der Waals surface area contributed by atoms with E-state index in [4.69, 9.17) is 0 Å². The molecule has 214 valence electrons. The van der Waals surface area contributed by atoms with Gasteiger partial charge in [0.25, 0.3) is 0 Å². The molecule has 0 amide bonds. The summed E-state index contributed by atoms with van der Waals surface area (Å²) in [5.74, 6) is -55.9. The van der Waals surface area contributed by atoms with Crippen molar-refractivity contribution >= 4 is 5.97 Å². The van der Waals surface area contributed by atoms with Crippen LogP contribution >= 0.6 is 0 Å². The number of esters is 1. The lowest BCUT2D eigenvalue weighted by molar-refractivity contribution is -0.447. The number of aliphatic hydroxyl groups excluding tert-OH is 1. The molecule has 1 unspecified atom stereocenters. The molecule has 0 bridgehead atoms. The van der Waals surface area contributed by atoms with Gasteiger partial charge in [-0.25, -0.2) is 13.6 Å². The second-order valence-corrected chi connectivity index (χ2v) is 7.42. The van der Waals surface area contributed by atoms with Gasteiger partial charge < -0.3 is 9.84 Å². The summed E-state index contributed by atoms with van der Waals surface area (Å²) >= 11 is 0. The summed E-state index contributed by atoms with van der Waals surface area (Å²) in [7, 11) is 0. The van der Waals surface area contributed by atoms with Crippen LogP contribution < -0.4 is 0 Å². The first-order chi connectivity index (χ1) is 15.7. The lowest BCUT2D eigenvalue weighted by Gasteiger charge is -2.42. The Kier molecular flexibility index (Phi) is 9.87. The van der Waals surface area contributed by atoms with Gasteiger partial charge in [-0.3, -0.25) is 0 Å². The first kappa shape index (κ1) is 34.0. The molecule has 36 heavy (non-hydrogen) atoms. The average Bonchev–Trinajstić information content (AvgIpc) is 2.70. The predicted octanol–water partition coefficient (Wildman–Crippen LogP) is 6.35. The number of hydrogen-bond donors (Lipinski definition) is 1. The number of halogens is 16. The molecule has 0 aliphatic rings. The van der Waals surface area contributed by atoms with Gasteiger partial charge in [0.05, 0.1) is 6.10 Å². The fourth-order valence-corrected chi connectivity index (χ4v) is 2.26. The minimum absolute atomic E-state index is 0.217. The summed E-state index contributed by atoms with van der Waals surface area (Å²) in [4.78, 5) is 11.1. The van der Waals surface area contributed by atoms with Gasteiger partial charge in [-0.15, -0.1) is 0 Å². The third-order valence-corrected chi connectivity index (χ3v) is 4.51. The lowest BCUT2D eigenvalue weighted by Crippen LogP contribution is -2.73. The van der Waals surface area contributed by atoms with E-state index in [1.54, 1.807) is 0 Å². The minimum Gasteiger partial charge on any atom is -0.460 e. The van der Waals surface area contributed by atoms with E-state index >= 15 is 0 Å². The van der Waals surface area contributed by atoms with Crippen molar-refractivity contribution in [2.75, 3.05) is 6.61 Å². The average molecular weight is 572 g/mol. The van der Waals surface area contributed by atoms with Gasteiger partial charge in [0.15, 0.2) is 0 Å². The van der Waals surface area contributed by atoms with Crippen molar-refractivity contribution in [1.29, 1.82) is 0 Å². The second kappa shape index (κ2) is 10.4. The Labute approximate surface area is 191 Å². The lowest BCUT2D eigenvalue weighted by atomic mass is 9.88. The first-order valence-electron chi connectivity index (χ1n) is 9.10. The van der Waals surface area contributed by atoms with Crippen molar-refractivity contribution in [1.82, 2.24) is 0 Å². The van der Waals surface area contributed by atoms with Crippen LogP contribution in [0, 0.1) is 0 Å². The Morgan fingerprint density at radius 3 is 1.56 bits per heavy atom. The predicted molar refractivity (Wildman–Crippen MR) is 86.3 cm³/mol. The van der Waals surface area contributed by atoms with E-state index in [1.165, 1.54) is 0 Å². The van der Waals surface area contributed by atoms with E-state index in [0.717, 1.165) is 6.92 Å². The number of aliphatic hydroxyl groups is 1. The summed E-state index contributed by atoms with van der Waals surface area (Å²) < 4.78 is 216. The van der Waals surface area contributed by atoms with Crippen molar-refractivity contribution in [3.05, 3.63) is 12.2 Å². The zero-order chi connectivity index (χ0) is 29.3. The largest absolute Gasteiger partial charge is 0.460 e. The summed E-state index contributed by atoms with van der Waals surface area (Å²) in [6.45, 7) is 3.24. The zero-order valence-corrected chi connectivity index (χ0v) is 17.5. The van der Waals surface area contributed by atoms with E-state index in [2.05, 4.69) is 11.3 Å². The molecule has 0 heterocycles. The van der Waals surface area contributed by atoms with Crippen LogP contribution in [0.1, 0.15) is 26.2 Å². The van der Waals surface area contributed by atoms with Crippen LogP contribution in [0.3, 0.4) is 0 Å². The van der Waals surface area contributed by atoms with Crippen LogP contribution in [0.15, 0.2) is 12.2 Å². The van der Waals surface area contributed by atoms with Crippen molar-refractivity contribution in [2.24, 2.45) is 0 Å². The highest BCUT2D eigenvalue weighted by Crippen LogP contribution is 2.63. The number of alkyl halides is 16. The Morgan fingerprint density at radius 1 is 0.778 bits per heavy atom. The summed E-state index contributed by atoms with van der Waals surface area (Å²) in [6, 6.07) is 0. The van der Waals surface area contributed by atoms with Crippen molar-refractivity contribution in [3.8, 4) is 0 Å². The van der Waals surface area contributed by atoms with Crippen LogP contribution in [-0.2, 0) is 9.53 Å². The molecule has 0 fully saturated rings. The van der Waals surface area contributed by atoms with E-state index in [0.29, 0.717) is 0 Å². The smallest absolute Gasteiger partial charge is 0.384 e. The van der Waals surface area contributed by atoms with Gasteiger partial charge >= 0.3 is 53.9 Å². The Hall–Kier alpha value is -1.95. The number of carbonyl (C=O) groups is 1. The summed E-state index contributed by atoms with van der Waals surface area (Å²) in [5, 5.41) is 9.36. The molecule has 0 rings (SSSR count). The monoisotopic (exact) mass is 572 g/mol. The molecular formula is C17H16F16O3. The molecule has 19 heteroatoms. The molecule has 3 nitrogen and oxygen atoms in total. The minimum atomic E-state index is -8.44. The van der Waals surface area contributed by atoms with Crippen LogP contribution in [-0.4, -0.2) is 71.7 Å². The van der Waals surface area contributed by atoms with Gasteiger partial charge in [-0.1, -0.05) is 6.58 Å². The van der Waals surface area contributed by atoms with E-state index in [1.807, 2.05) is 0 Å². The quantitative estimate of drug-likeness (QED) is 0.150. The summed E-state index contributed by atoms with van der Waals surface area (Å²) in [5.41, 5.74) is -0.217. The fraction of sp³-hybridized carbons (Fsp3) is 0.824. The second-order valence-electron chi connectivity index (χ2n) is 7.42. The molecule has 0 spiro atoms. The summed E-state index contributed by atoms with van der Waals surface area (Å²) in [6.07, 6.45) is -13.0. The van der Waals surface area contributed by atoms with Gasteiger partial charge in [0.2, 0.25) is 0 Å². The number of rotatable bonds is 14.